The Balaban J connectivity index is 2.25. The van der Waals surface area contributed by atoms with Gasteiger partial charge in [-0.25, -0.2) is 0 Å². The van der Waals surface area contributed by atoms with Crippen LogP contribution in [0.5, 0.6) is 0 Å². The maximum Gasteiger partial charge on any atom is 0.236 e. The maximum absolute atomic E-state index is 11.5. The zero-order valence-corrected chi connectivity index (χ0v) is 9.42. The molecule has 1 heterocycles. The van der Waals surface area contributed by atoms with Gasteiger partial charge in [-0.2, -0.15) is 0 Å². The van der Waals surface area contributed by atoms with E-state index < -0.39 is 5.60 Å². The fourth-order valence-corrected chi connectivity index (χ4v) is 1.40. The highest BCUT2D eigenvalue weighted by molar-refractivity contribution is 5.79. The van der Waals surface area contributed by atoms with Crippen LogP contribution < -0.4 is 5.32 Å². The van der Waals surface area contributed by atoms with E-state index in [1.165, 1.54) is 0 Å². The second-order valence-corrected chi connectivity index (χ2v) is 5.35. The lowest BCUT2D eigenvalue weighted by molar-refractivity contribution is -0.151. The van der Waals surface area contributed by atoms with Gasteiger partial charge in [0.2, 0.25) is 5.91 Å². The van der Waals surface area contributed by atoms with Gasteiger partial charge in [0, 0.05) is 5.54 Å². The van der Waals surface area contributed by atoms with Crippen molar-refractivity contribution >= 4 is 5.91 Å². The zero-order chi connectivity index (χ0) is 11.0. The Morgan fingerprint density at radius 1 is 1.50 bits per heavy atom. The topological polar surface area (TPSA) is 52.6 Å². The summed E-state index contributed by atoms with van der Waals surface area (Å²) in [6.45, 7) is 9.06. The number of carbonyl (C=O) groups is 1. The normalized spacial score (nSPS) is 20.5. The van der Waals surface area contributed by atoms with Crippen LogP contribution in [0.2, 0.25) is 0 Å². The first-order valence-electron chi connectivity index (χ1n) is 4.95. The molecular weight excluding hydrogens is 180 g/mol. The van der Waals surface area contributed by atoms with Gasteiger partial charge >= 0.3 is 0 Å². The van der Waals surface area contributed by atoms with E-state index in [1.807, 2.05) is 20.8 Å². The van der Waals surface area contributed by atoms with Crippen molar-refractivity contribution in [1.29, 1.82) is 0 Å². The molecule has 1 amide bonds. The molecule has 1 aliphatic rings. The molecule has 0 aromatic heterocycles. The largest absolute Gasteiger partial charge is 0.386 e. The molecule has 14 heavy (non-hydrogen) atoms. The molecule has 1 aliphatic heterocycles. The number of amides is 1. The molecule has 1 rings (SSSR count). The van der Waals surface area contributed by atoms with Crippen LogP contribution >= 0.6 is 0 Å². The van der Waals surface area contributed by atoms with E-state index in [-0.39, 0.29) is 11.4 Å². The SMILES string of the molecule is CC1(O)CN(C(=O)CNC(C)(C)C)C1. The molecule has 0 aromatic rings. The number of nitrogens with one attached hydrogen (secondary N) is 1. The van der Waals surface area contributed by atoms with E-state index in [0.29, 0.717) is 19.6 Å². The van der Waals surface area contributed by atoms with Gasteiger partial charge in [0.1, 0.15) is 0 Å². The van der Waals surface area contributed by atoms with E-state index in [9.17, 15) is 9.90 Å². The number of hydrogen-bond donors (Lipinski definition) is 2. The molecule has 0 radical (unpaired) electrons. The Hall–Kier alpha value is -0.610. The Labute approximate surface area is 85.3 Å². The van der Waals surface area contributed by atoms with E-state index >= 15 is 0 Å². The first-order chi connectivity index (χ1) is 6.20. The van der Waals surface area contributed by atoms with Crippen molar-refractivity contribution in [2.45, 2.75) is 38.8 Å². The Morgan fingerprint density at radius 2 is 2.00 bits per heavy atom. The molecule has 82 valence electrons. The van der Waals surface area contributed by atoms with Gasteiger partial charge < -0.3 is 15.3 Å². The molecule has 1 saturated heterocycles. The number of likely N-dealkylation sites (tertiary alicyclic amines) is 1. The third-order valence-corrected chi connectivity index (χ3v) is 2.19. The predicted octanol–water partition coefficient (Wildman–Crippen LogP) is -0.0323. The lowest BCUT2D eigenvalue weighted by atomic mass is 9.97. The Bertz CT molecular complexity index is 223. The molecular formula is C10H20N2O2. The monoisotopic (exact) mass is 200 g/mol. The summed E-state index contributed by atoms with van der Waals surface area (Å²) in [7, 11) is 0. The number of β-amino-alcohol motifs (C(OH)–C–C–N with tert-alkyl or cyclic N) is 1. The average molecular weight is 200 g/mol. The molecule has 0 bridgehead atoms. The minimum atomic E-state index is -0.669. The Kier molecular flexibility index (Phi) is 2.88. The quantitative estimate of drug-likeness (QED) is 0.658. The number of rotatable bonds is 2. The summed E-state index contributed by atoms with van der Waals surface area (Å²) in [5.41, 5.74) is -0.708. The lowest BCUT2D eigenvalue weighted by Crippen LogP contribution is -2.63. The maximum atomic E-state index is 11.5. The van der Waals surface area contributed by atoms with Crippen LogP contribution in [0.1, 0.15) is 27.7 Å². The summed E-state index contributed by atoms with van der Waals surface area (Å²) < 4.78 is 0. The number of hydrogen-bond acceptors (Lipinski definition) is 3. The van der Waals surface area contributed by atoms with Crippen LogP contribution in [0.4, 0.5) is 0 Å². The lowest BCUT2D eigenvalue weighted by Gasteiger charge is -2.44. The van der Waals surface area contributed by atoms with Crippen molar-refractivity contribution in [1.82, 2.24) is 10.2 Å². The van der Waals surface area contributed by atoms with Crippen LogP contribution in [0.15, 0.2) is 0 Å². The first-order valence-corrected chi connectivity index (χ1v) is 4.95. The second-order valence-electron chi connectivity index (χ2n) is 5.35. The van der Waals surface area contributed by atoms with Crippen molar-refractivity contribution in [2.75, 3.05) is 19.6 Å². The molecule has 0 saturated carbocycles. The molecule has 0 aliphatic carbocycles. The van der Waals surface area contributed by atoms with E-state index in [4.69, 9.17) is 0 Å². The van der Waals surface area contributed by atoms with Crippen molar-refractivity contribution in [3.63, 3.8) is 0 Å². The summed E-state index contributed by atoms with van der Waals surface area (Å²) in [6.07, 6.45) is 0. The average Bonchev–Trinajstić information content (AvgIpc) is 1.94. The summed E-state index contributed by atoms with van der Waals surface area (Å²) >= 11 is 0. The molecule has 0 atom stereocenters. The van der Waals surface area contributed by atoms with E-state index in [1.54, 1.807) is 11.8 Å². The summed E-state index contributed by atoms with van der Waals surface area (Å²) in [5, 5.41) is 12.6. The highest BCUT2D eigenvalue weighted by Gasteiger charge is 2.39. The van der Waals surface area contributed by atoms with Crippen molar-refractivity contribution in [3.05, 3.63) is 0 Å². The van der Waals surface area contributed by atoms with Crippen molar-refractivity contribution in [2.24, 2.45) is 0 Å². The molecule has 4 heteroatoms. The van der Waals surface area contributed by atoms with Gasteiger partial charge in [-0.05, 0) is 27.7 Å². The van der Waals surface area contributed by atoms with Crippen molar-refractivity contribution < 1.29 is 9.90 Å². The summed E-state index contributed by atoms with van der Waals surface area (Å²) in [5.74, 6) is 0.0615. The van der Waals surface area contributed by atoms with Crippen LogP contribution in [-0.4, -0.2) is 46.7 Å². The summed E-state index contributed by atoms with van der Waals surface area (Å²) in [4.78, 5) is 13.2. The Morgan fingerprint density at radius 3 is 2.36 bits per heavy atom. The minimum absolute atomic E-state index is 0.0386. The molecule has 0 spiro atoms. The van der Waals surface area contributed by atoms with Gasteiger partial charge in [-0.3, -0.25) is 4.79 Å². The van der Waals surface area contributed by atoms with Crippen LogP contribution in [-0.2, 0) is 4.79 Å². The van der Waals surface area contributed by atoms with Gasteiger partial charge in [-0.15, -0.1) is 0 Å². The fourth-order valence-electron chi connectivity index (χ4n) is 1.40. The van der Waals surface area contributed by atoms with Gasteiger partial charge in [0.05, 0.1) is 25.2 Å². The van der Waals surface area contributed by atoms with Crippen LogP contribution in [0, 0.1) is 0 Å². The third-order valence-electron chi connectivity index (χ3n) is 2.19. The van der Waals surface area contributed by atoms with Gasteiger partial charge in [0.25, 0.3) is 0 Å². The van der Waals surface area contributed by atoms with Gasteiger partial charge in [-0.1, -0.05) is 0 Å². The highest BCUT2D eigenvalue weighted by Crippen LogP contribution is 2.19. The molecule has 0 unspecified atom stereocenters. The molecule has 0 aromatic carbocycles. The summed E-state index contributed by atoms with van der Waals surface area (Å²) in [6, 6.07) is 0. The van der Waals surface area contributed by atoms with Crippen molar-refractivity contribution in [3.8, 4) is 0 Å². The minimum Gasteiger partial charge on any atom is -0.386 e. The smallest absolute Gasteiger partial charge is 0.236 e. The number of nitrogens with zero attached hydrogens (tertiary/aromatic N) is 1. The fraction of sp³-hybridized carbons (Fsp3) is 0.900. The number of carbonyl (C=O) groups excluding carboxylic acids is 1. The molecule has 4 nitrogen and oxygen atoms in total. The van der Waals surface area contributed by atoms with Crippen LogP contribution in [0.3, 0.4) is 0 Å². The molecule has 1 fully saturated rings. The molecule has 2 N–H and O–H groups in total. The van der Waals surface area contributed by atoms with E-state index in [2.05, 4.69) is 5.32 Å². The van der Waals surface area contributed by atoms with E-state index in [0.717, 1.165) is 0 Å². The third kappa shape index (κ3) is 3.27. The first kappa shape index (κ1) is 11.5. The second kappa shape index (κ2) is 3.51. The van der Waals surface area contributed by atoms with Crippen LogP contribution in [0.25, 0.3) is 0 Å². The standard InChI is InChI=1S/C10H20N2O2/c1-9(2,3)11-5-8(13)12-6-10(4,14)7-12/h11,14H,5-7H2,1-4H3. The zero-order valence-electron chi connectivity index (χ0n) is 9.42. The predicted molar refractivity (Wildman–Crippen MR) is 55.0 cm³/mol. The van der Waals surface area contributed by atoms with Gasteiger partial charge in [0.15, 0.2) is 0 Å². The number of aliphatic hydroxyl groups is 1. The highest BCUT2D eigenvalue weighted by atomic mass is 16.3.